The molecule has 0 unspecified atom stereocenters. The fourth-order valence-corrected chi connectivity index (χ4v) is 3.81. The van der Waals surface area contributed by atoms with E-state index >= 15 is 0 Å². The van der Waals surface area contributed by atoms with Gasteiger partial charge in [-0.2, -0.15) is 0 Å². The van der Waals surface area contributed by atoms with Crippen LogP contribution in [0.3, 0.4) is 0 Å². The average Bonchev–Trinajstić information content (AvgIpc) is 3.43. The minimum absolute atomic E-state index is 0.159. The number of nitrogens with zero attached hydrogens (tertiary/aromatic N) is 3. The Hall–Kier alpha value is -5.18. The van der Waals surface area contributed by atoms with Crippen molar-refractivity contribution in [2.45, 2.75) is 6.61 Å². The van der Waals surface area contributed by atoms with Gasteiger partial charge in [0.2, 0.25) is 0 Å². The van der Waals surface area contributed by atoms with E-state index in [1.54, 1.807) is 79.7 Å². The van der Waals surface area contributed by atoms with E-state index in [-0.39, 0.29) is 12.4 Å². The number of methoxy groups -OCH3 is 2. The van der Waals surface area contributed by atoms with Gasteiger partial charge in [-0.15, -0.1) is 5.10 Å². The first kappa shape index (κ1) is 24.5. The fourth-order valence-electron chi connectivity index (χ4n) is 3.81. The molecule has 0 aliphatic heterocycles. The second kappa shape index (κ2) is 10.8. The third-order valence-corrected chi connectivity index (χ3v) is 5.75. The standard InChI is InChI=1S/C29H23N3O6/c1-35-26-12-7-19(14-28(26)36-2)6-11-25(33)21-4-3-5-23(15-21)32-17-22(30-31-32)18-37-24-10-8-20-9-13-29(34)38-27(20)16-24/h3-17H,18H2,1-2H3/b11-6+. The summed E-state index contributed by atoms with van der Waals surface area (Å²) in [7, 11) is 3.13. The van der Waals surface area contributed by atoms with Crippen molar-refractivity contribution in [1.82, 2.24) is 15.0 Å². The van der Waals surface area contributed by atoms with Crippen molar-refractivity contribution in [3.63, 3.8) is 0 Å². The van der Waals surface area contributed by atoms with Crippen LogP contribution in [0.4, 0.5) is 0 Å². The van der Waals surface area contributed by atoms with Crippen molar-refractivity contribution < 1.29 is 23.4 Å². The van der Waals surface area contributed by atoms with Gasteiger partial charge in [-0.25, -0.2) is 9.48 Å². The van der Waals surface area contributed by atoms with Crippen LogP contribution in [0.5, 0.6) is 17.2 Å². The Kier molecular flexibility index (Phi) is 6.99. The van der Waals surface area contributed by atoms with E-state index in [1.807, 2.05) is 18.2 Å². The molecule has 0 spiro atoms. The van der Waals surface area contributed by atoms with Gasteiger partial charge in [-0.1, -0.05) is 29.5 Å². The van der Waals surface area contributed by atoms with Gasteiger partial charge < -0.3 is 18.6 Å². The maximum atomic E-state index is 12.8. The van der Waals surface area contributed by atoms with E-state index in [2.05, 4.69) is 10.3 Å². The molecule has 0 aliphatic carbocycles. The molecule has 9 heteroatoms. The van der Waals surface area contributed by atoms with E-state index in [1.165, 1.54) is 12.1 Å². The number of benzene rings is 3. The Morgan fingerprint density at radius 2 is 1.82 bits per heavy atom. The molecule has 0 N–H and O–H groups in total. The lowest BCUT2D eigenvalue weighted by molar-refractivity contribution is 0.104. The lowest BCUT2D eigenvalue weighted by Gasteiger charge is -2.07. The highest BCUT2D eigenvalue weighted by Gasteiger charge is 2.09. The van der Waals surface area contributed by atoms with Gasteiger partial charge in [0, 0.05) is 23.1 Å². The van der Waals surface area contributed by atoms with Gasteiger partial charge in [0.15, 0.2) is 17.3 Å². The van der Waals surface area contributed by atoms with Gasteiger partial charge in [-0.05, 0) is 54.1 Å². The summed E-state index contributed by atoms with van der Waals surface area (Å²) in [6, 6.07) is 20.9. The zero-order valence-electron chi connectivity index (χ0n) is 20.7. The number of hydrogen-bond acceptors (Lipinski definition) is 8. The molecule has 0 aliphatic rings. The first-order valence-corrected chi connectivity index (χ1v) is 11.7. The first-order chi connectivity index (χ1) is 18.5. The predicted octanol–water partition coefficient (Wildman–Crippen LogP) is 4.87. The van der Waals surface area contributed by atoms with Crippen LogP contribution >= 0.6 is 0 Å². The minimum Gasteiger partial charge on any atom is -0.493 e. The number of allylic oxidation sites excluding steroid dienone is 1. The molecule has 5 rings (SSSR count). The molecule has 0 radical (unpaired) electrons. The maximum absolute atomic E-state index is 12.8. The second-order valence-electron chi connectivity index (χ2n) is 8.26. The van der Waals surface area contributed by atoms with Crippen molar-refractivity contribution in [3.8, 4) is 22.9 Å². The fraction of sp³-hybridized carbons (Fsp3) is 0.103. The van der Waals surface area contributed by atoms with E-state index in [0.717, 1.165) is 10.9 Å². The Labute approximate surface area is 217 Å². The zero-order valence-corrected chi connectivity index (χ0v) is 20.7. The van der Waals surface area contributed by atoms with Crippen LogP contribution in [0, 0.1) is 0 Å². The molecule has 0 saturated carbocycles. The molecule has 2 aromatic heterocycles. The smallest absolute Gasteiger partial charge is 0.336 e. The summed E-state index contributed by atoms with van der Waals surface area (Å²) in [4.78, 5) is 24.3. The molecule has 0 saturated heterocycles. The van der Waals surface area contributed by atoms with E-state index in [9.17, 15) is 9.59 Å². The molecule has 0 fully saturated rings. The topological polar surface area (TPSA) is 106 Å². The van der Waals surface area contributed by atoms with E-state index < -0.39 is 5.63 Å². The van der Waals surface area contributed by atoms with Crippen molar-refractivity contribution >= 4 is 22.8 Å². The monoisotopic (exact) mass is 509 g/mol. The van der Waals surface area contributed by atoms with Crippen LogP contribution in [-0.4, -0.2) is 35.0 Å². The molecule has 0 amide bonds. The van der Waals surface area contributed by atoms with Crippen molar-refractivity contribution in [1.29, 1.82) is 0 Å². The van der Waals surface area contributed by atoms with Crippen LogP contribution < -0.4 is 19.8 Å². The van der Waals surface area contributed by atoms with E-state index in [0.29, 0.717) is 39.8 Å². The summed E-state index contributed by atoms with van der Waals surface area (Å²) in [5, 5.41) is 9.12. The molecule has 3 aromatic carbocycles. The van der Waals surface area contributed by atoms with Crippen LogP contribution in [-0.2, 0) is 6.61 Å². The van der Waals surface area contributed by atoms with E-state index in [4.69, 9.17) is 18.6 Å². The van der Waals surface area contributed by atoms with Crippen molar-refractivity contribution in [2.24, 2.45) is 0 Å². The van der Waals surface area contributed by atoms with Crippen molar-refractivity contribution in [3.05, 3.63) is 112 Å². The quantitative estimate of drug-likeness (QED) is 0.157. The minimum atomic E-state index is -0.422. The van der Waals surface area contributed by atoms with Gasteiger partial charge in [-0.3, -0.25) is 4.79 Å². The van der Waals surface area contributed by atoms with Gasteiger partial charge in [0.05, 0.1) is 26.1 Å². The molecule has 0 bridgehead atoms. The molecular formula is C29H23N3O6. The average molecular weight is 510 g/mol. The highest BCUT2D eigenvalue weighted by atomic mass is 16.5. The summed E-state index contributed by atoms with van der Waals surface area (Å²) in [5.74, 6) is 1.58. The number of rotatable bonds is 9. The van der Waals surface area contributed by atoms with Crippen LogP contribution in [0.2, 0.25) is 0 Å². The molecule has 190 valence electrons. The molecule has 9 nitrogen and oxygen atoms in total. The number of carbonyl (C=O) groups excluding carboxylic acids is 1. The SMILES string of the molecule is COc1ccc(/C=C/C(=O)c2cccc(-n3cc(COc4ccc5ccc(=O)oc5c4)nn3)c2)cc1OC. The third-order valence-electron chi connectivity index (χ3n) is 5.75. The zero-order chi connectivity index (χ0) is 26.5. The molecule has 2 heterocycles. The van der Waals surface area contributed by atoms with Crippen LogP contribution in [0.1, 0.15) is 21.6 Å². The summed E-state index contributed by atoms with van der Waals surface area (Å²) >= 11 is 0. The summed E-state index contributed by atoms with van der Waals surface area (Å²) in [5.41, 5.74) is 2.60. The number of carbonyl (C=O) groups is 1. The Bertz CT molecular complexity index is 1700. The number of ketones is 1. The highest BCUT2D eigenvalue weighted by Crippen LogP contribution is 2.28. The van der Waals surface area contributed by atoms with Crippen LogP contribution in [0.25, 0.3) is 22.7 Å². The number of fused-ring (bicyclic) bond motifs is 1. The Morgan fingerprint density at radius 1 is 0.974 bits per heavy atom. The lowest BCUT2D eigenvalue weighted by Crippen LogP contribution is -1.99. The second-order valence-corrected chi connectivity index (χ2v) is 8.26. The predicted molar refractivity (Wildman–Crippen MR) is 141 cm³/mol. The third kappa shape index (κ3) is 5.46. The molecule has 5 aromatic rings. The normalized spacial score (nSPS) is 11.1. The van der Waals surface area contributed by atoms with Gasteiger partial charge in [0.1, 0.15) is 23.6 Å². The largest absolute Gasteiger partial charge is 0.493 e. The highest BCUT2D eigenvalue weighted by molar-refractivity contribution is 6.07. The summed E-state index contributed by atoms with van der Waals surface area (Å²) in [6.45, 7) is 0.162. The Morgan fingerprint density at radius 3 is 2.66 bits per heavy atom. The summed E-state index contributed by atoms with van der Waals surface area (Å²) in [6.07, 6.45) is 4.96. The Balaban J connectivity index is 1.26. The lowest BCUT2D eigenvalue weighted by atomic mass is 10.1. The van der Waals surface area contributed by atoms with Gasteiger partial charge in [0.25, 0.3) is 0 Å². The number of aromatic nitrogens is 3. The molecular weight excluding hydrogens is 486 g/mol. The van der Waals surface area contributed by atoms with Crippen LogP contribution in [0.15, 0.2) is 94.3 Å². The molecule has 38 heavy (non-hydrogen) atoms. The van der Waals surface area contributed by atoms with Gasteiger partial charge >= 0.3 is 5.63 Å². The number of ether oxygens (including phenoxy) is 3. The number of hydrogen-bond donors (Lipinski definition) is 0. The van der Waals surface area contributed by atoms with Crippen molar-refractivity contribution in [2.75, 3.05) is 14.2 Å². The maximum Gasteiger partial charge on any atom is 0.336 e. The summed E-state index contributed by atoms with van der Waals surface area (Å²) < 4.78 is 23.1. The molecule has 0 atom stereocenters. The first-order valence-electron chi connectivity index (χ1n) is 11.7.